The maximum Gasteiger partial charge on any atom is 0.260 e. The first kappa shape index (κ1) is 18.3. The molecule has 1 heterocycles. The summed E-state index contributed by atoms with van der Waals surface area (Å²) in [6, 6.07) is 5.61. The highest BCUT2D eigenvalue weighted by Gasteiger charge is 2.35. The fourth-order valence-corrected chi connectivity index (χ4v) is 3.10. The summed E-state index contributed by atoms with van der Waals surface area (Å²) in [6.07, 6.45) is 5.95. The van der Waals surface area contributed by atoms with Gasteiger partial charge in [0, 0.05) is 32.1 Å². The number of rotatable bonds is 6. The lowest BCUT2D eigenvalue weighted by molar-refractivity contribution is -0.141. The van der Waals surface area contributed by atoms with Gasteiger partial charge in [-0.3, -0.25) is 9.59 Å². The van der Waals surface area contributed by atoms with Crippen LogP contribution in [0, 0.1) is 5.92 Å². The molecule has 2 amide bonds. The lowest BCUT2D eigenvalue weighted by Gasteiger charge is -2.34. The number of carbonyl (C=O) groups is 2. The fraction of sp³-hybridized carbons (Fsp3) is 0.500. The summed E-state index contributed by atoms with van der Waals surface area (Å²) in [5.41, 5.74) is 1.01. The summed E-state index contributed by atoms with van der Waals surface area (Å²) in [5, 5.41) is 0. The zero-order valence-electron chi connectivity index (χ0n) is 15.4. The second kappa shape index (κ2) is 8.25. The van der Waals surface area contributed by atoms with Gasteiger partial charge in [0.2, 0.25) is 5.91 Å². The number of hydrogen-bond acceptors (Lipinski definition) is 4. The minimum atomic E-state index is -0.0666. The molecular formula is C20H26N2O4. The van der Waals surface area contributed by atoms with E-state index in [1.807, 2.05) is 42.2 Å². The molecule has 1 saturated heterocycles. The topological polar surface area (TPSA) is 59.1 Å². The third-order valence-corrected chi connectivity index (χ3v) is 4.77. The normalized spacial score (nSPS) is 17.5. The Labute approximate surface area is 154 Å². The number of allylic oxidation sites excluding steroid dienone is 1. The number of methoxy groups -OCH3 is 1. The molecule has 6 nitrogen and oxygen atoms in total. The molecule has 26 heavy (non-hydrogen) atoms. The molecule has 2 aliphatic rings. The Morgan fingerprint density at radius 3 is 2.42 bits per heavy atom. The van der Waals surface area contributed by atoms with E-state index in [2.05, 4.69) is 0 Å². The van der Waals surface area contributed by atoms with Gasteiger partial charge in [0.05, 0.1) is 7.11 Å². The predicted octanol–water partition coefficient (Wildman–Crippen LogP) is 2.19. The number of piperazine rings is 1. The van der Waals surface area contributed by atoms with E-state index >= 15 is 0 Å². The molecule has 1 aromatic carbocycles. The van der Waals surface area contributed by atoms with Crippen molar-refractivity contribution in [2.45, 2.75) is 19.8 Å². The van der Waals surface area contributed by atoms with Gasteiger partial charge in [-0.2, -0.15) is 0 Å². The third kappa shape index (κ3) is 4.36. The summed E-state index contributed by atoms with van der Waals surface area (Å²) < 4.78 is 11.0. The van der Waals surface area contributed by atoms with Crippen molar-refractivity contribution in [3.63, 3.8) is 0 Å². The van der Waals surface area contributed by atoms with E-state index in [4.69, 9.17) is 9.47 Å². The number of carbonyl (C=O) groups excluding carboxylic acids is 2. The average Bonchev–Trinajstić information content (AvgIpc) is 3.51. The molecule has 0 N–H and O–H groups in total. The molecule has 3 rings (SSSR count). The first-order valence-corrected chi connectivity index (χ1v) is 9.12. The molecule has 1 aliphatic heterocycles. The van der Waals surface area contributed by atoms with Crippen LogP contribution in [0.3, 0.4) is 0 Å². The Hall–Kier alpha value is -2.50. The van der Waals surface area contributed by atoms with Gasteiger partial charge in [0.25, 0.3) is 5.91 Å². The first-order valence-electron chi connectivity index (χ1n) is 9.12. The number of amides is 2. The van der Waals surface area contributed by atoms with Crippen LogP contribution in [0.1, 0.15) is 25.3 Å². The molecule has 1 aliphatic carbocycles. The van der Waals surface area contributed by atoms with Crippen LogP contribution in [0.2, 0.25) is 0 Å². The van der Waals surface area contributed by atoms with Gasteiger partial charge in [-0.05, 0) is 37.5 Å². The van der Waals surface area contributed by atoms with E-state index in [9.17, 15) is 9.59 Å². The lowest BCUT2D eigenvalue weighted by atomic mass is 10.2. The van der Waals surface area contributed by atoms with Crippen LogP contribution in [0.4, 0.5) is 0 Å². The van der Waals surface area contributed by atoms with Crippen LogP contribution in [-0.2, 0) is 9.59 Å². The Morgan fingerprint density at radius 2 is 1.81 bits per heavy atom. The van der Waals surface area contributed by atoms with Crippen molar-refractivity contribution in [2.75, 3.05) is 39.9 Å². The molecule has 140 valence electrons. The largest absolute Gasteiger partial charge is 0.493 e. The molecular weight excluding hydrogens is 332 g/mol. The molecule has 0 spiro atoms. The minimum absolute atomic E-state index is 0.0319. The molecule has 0 radical (unpaired) electrons. The molecule has 0 atom stereocenters. The van der Waals surface area contributed by atoms with Gasteiger partial charge in [-0.15, -0.1) is 0 Å². The van der Waals surface area contributed by atoms with Crippen LogP contribution in [0.5, 0.6) is 11.5 Å². The average molecular weight is 358 g/mol. The Morgan fingerprint density at radius 1 is 1.12 bits per heavy atom. The van der Waals surface area contributed by atoms with Gasteiger partial charge in [-0.25, -0.2) is 0 Å². The van der Waals surface area contributed by atoms with E-state index in [0.29, 0.717) is 37.7 Å². The van der Waals surface area contributed by atoms with E-state index < -0.39 is 0 Å². The minimum Gasteiger partial charge on any atom is -0.493 e. The van der Waals surface area contributed by atoms with Crippen molar-refractivity contribution in [3.05, 3.63) is 29.8 Å². The third-order valence-electron chi connectivity index (χ3n) is 4.77. The summed E-state index contributed by atoms with van der Waals surface area (Å²) in [4.78, 5) is 28.1. The van der Waals surface area contributed by atoms with Gasteiger partial charge in [0.15, 0.2) is 18.1 Å². The lowest BCUT2D eigenvalue weighted by Crippen LogP contribution is -2.52. The van der Waals surface area contributed by atoms with E-state index in [0.717, 1.165) is 18.4 Å². The SMILES string of the molecule is C/C=C/c1ccc(OCC(=O)N2CCN(C(=O)C3CC3)CC2)c(OC)c1. The number of benzene rings is 1. The summed E-state index contributed by atoms with van der Waals surface area (Å²) in [7, 11) is 1.58. The number of nitrogens with zero attached hydrogens (tertiary/aromatic N) is 2. The van der Waals surface area contributed by atoms with E-state index in [1.165, 1.54) is 0 Å². The smallest absolute Gasteiger partial charge is 0.260 e. The van der Waals surface area contributed by atoms with Crippen molar-refractivity contribution in [3.8, 4) is 11.5 Å². The fourth-order valence-electron chi connectivity index (χ4n) is 3.10. The van der Waals surface area contributed by atoms with Crippen LogP contribution in [0.25, 0.3) is 6.08 Å². The van der Waals surface area contributed by atoms with Crippen LogP contribution in [-0.4, -0.2) is 61.5 Å². The van der Waals surface area contributed by atoms with Gasteiger partial charge in [0.1, 0.15) is 0 Å². The highest BCUT2D eigenvalue weighted by Crippen LogP contribution is 2.31. The molecule has 0 unspecified atom stereocenters. The van der Waals surface area contributed by atoms with Gasteiger partial charge >= 0.3 is 0 Å². The monoisotopic (exact) mass is 358 g/mol. The molecule has 1 aromatic rings. The highest BCUT2D eigenvalue weighted by atomic mass is 16.5. The zero-order valence-corrected chi connectivity index (χ0v) is 15.4. The van der Waals surface area contributed by atoms with Crippen molar-refractivity contribution in [1.82, 2.24) is 9.80 Å². The van der Waals surface area contributed by atoms with Crippen LogP contribution < -0.4 is 9.47 Å². The van der Waals surface area contributed by atoms with E-state index in [-0.39, 0.29) is 24.3 Å². The number of hydrogen-bond donors (Lipinski definition) is 0. The zero-order chi connectivity index (χ0) is 18.5. The van der Waals surface area contributed by atoms with Crippen molar-refractivity contribution >= 4 is 17.9 Å². The first-order chi connectivity index (χ1) is 12.6. The summed E-state index contributed by atoms with van der Waals surface area (Å²) in [5.74, 6) is 1.57. The number of ether oxygens (including phenoxy) is 2. The maximum absolute atomic E-state index is 12.4. The van der Waals surface area contributed by atoms with Crippen molar-refractivity contribution in [1.29, 1.82) is 0 Å². The van der Waals surface area contributed by atoms with E-state index in [1.54, 1.807) is 12.0 Å². The molecule has 0 bridgehead atoms. The van der Waals surface area contributed by atoms with Crippen molar-refractivity contribution in [2.24, 2.45) is 5.92 Å². The van der Waals surface area contributed by atoms with Crippen LogP contribution in [0.15, 0.2) is 24.3 Å². The molecule has 0 aromatic heterocycles. The Bertz CT molecular complexity index is 689. The van der Waals surface area contributed by atoms with Gasteiger partial charge < -0.3 is 19.3 Å². The predicted molar refractivity (Wildman–Crippen MR) is 99.1 cm³/mol. The molecule has 2 fully saturated rings. The summed E-state index contributed by atoms with van der Waals surface area (Å²) >= 11 is 0. The quantitative estimate of drug-likeness (QED) is 0.782. The van der Waals surface area contributed by atoms with Crippen LogP contribution >= 0.6 is 0 Å². The highest BCUT2D eigenvalue weighted by molar-refractivity contribution is 5.82. The maximum atomic E-state index is 12.4. The Kier molecular flexibility index (Phi) is 5.81. The van der Waals surface area contributed by atoms with Gasteiger partial charge in [-0.1, -0.05) is 18.2 Å². The molecule has 1 saturated carbocycles. The summed E-state index contributed by atoms with van der Waals surface area (Å²) in [6.45, 7) is 4.28. The second-order valence-corrected chi connectivity index (χ2v) is 6.68. The standard InChI is InChI=1S/C20H26N2O4/c1-3-4-15-5-8-17(18(13-15)25-2)26-14-19(23)21-9-11-22(12-10-21)20(24)16-6-7-16/h3-5,8,13,16H,6-7,9-12,14H2,1-2H3/b4-3+. The molecule has 6 heteroatoms. The Balaban J connectivity index is 1.50. The second-order valence-electron chi connectivity index (χ2n) is 6.68. The van der Waals surface area contributed by atoms with Crippen molar-refractivity contribution < 1.29 is 19.1 Å².